The van der Waals surface area contributed by atoms with Gasteiger partial charge >= 0.3 is 0 Å². The average molecular weight is 295 g/mol. The van der Waals surface area contributed by atoms with Gasteiger partial charge in [0.1, 0.15) is 12.2 Å². The smallest absolute Gasteiger partial charge is 0.138 e. The zero-order valence-corrected chi connectivity index (χ0v) is 11.5. The fourth-order valence-corrected chi connectivity index (χ4v) is 2.57. The molecular formula is C12H15BrN4. The summed E-state index contributed by atoms with van der Waals surface area (Å²) in [5, 5.41) is 4.06. The van der Waals surface area contributed by atoms with Gasteiger partial charge in [0, 0.05) is 23.5 Å². The molecule has 1 heterocycles. The molecular weight excluding hydrogens is 280 g/mol. The third-order valence-corrected chi connectivity index (χ3v) is 3.51. The summed E-state index contributed by atoms with van der Waals surface area (Å²) in [5.74, 6) is 0.880. The molecule has 0 saturated carbocycles. The van der Waals surface area contributed by atoms with Crippen molar-refractivity contribution >= 4 is 15.9 Å². The lowest BCUT2D eigenvalue weighted by molar-refractivity contribution is 0.463. The van der Waals surface area contributed by atoms with Crippen LogP contribution >= 0.6 is 15.9 Å². The van der Waals surface area contributed by atoms with E-state index in [1.54, 1.807) is 11.0 Å². The first kappa shape index (κ1) is 12.3. The molecule has 5 heteroatoms. The Labute approximate surface area is 109 Å². The van der Waals surface area contributed by atoms with Gasteiger partial charge in [0.25, 0.3) is 0 Å². The van der Waals surface area contributed by atoms with E-state index >= 15 is 0 Å². The molecule has 1 atom stereocenters. The van der Waals surface area contributed by atoms with Crippen molar-refractivity contribution in [1.82, 2.24) is 14.8 Å². The highest BCUT2D eigenvalue weighted by molar-refractivity contribution is 9.10. The third-order valence-electron chi connectivity index (χ3n) is 2.82. The largest absolute Gasteiger partial charge is 0.321 e. The zero-order valence-electron chi connectivity index (χ0n) is 9.89. The predicted octanol–water partition coefficient (Wildman–Crippen LogP) is 1.99. The van der Waals surface area contributed by atoms with Gasteiger partial charge in [-0.1, -0.05) is 34.1 Å². The van der Waals surface area contributed by atoms with Crippen molar-refractivity contribution in [2.24, 2.45) is 12.8 Å². The number of hydrogen-bond donors (Lipinski definition) is 1. The number of nitrogens with two attached hydrogens (primary N) is 1. The second kappa shape index (κ2) is 4.58. The van der Waals surface area contributed by atoms with Crippen LogP contribution in [0.4, 0.5) is 0 Å². The normalized spacial score (nSPS) is 14.6. The van der Waals surface area contributed by atoms with E-state index in [4.69, 9.17) is 5.73 Å². The van der Waals surface area contributed by atoms with Crippen molar-refractivity contribution in [1.29, 1.82) is 0 Å². The first-order valence-electron chi connectivity index (χ1n) is 5.37. The molecule has 0 aliphatic heterocycles. The third kappa shape index (κ3) is 2.56. The Morgan fingerprint density at radius 3 is 2.71 bits per heavy atom. The molecule has 2 N–H and O–H groups in total. The highest BCUT2D eigenvalue weighted by Gasteiger charge is 2.25. The zero-order chi connectivity index (χ0) is 12.5. The standard InChI is InChI=1S/C12H15BrN4/c1-12(14,7-11-15-8-16-17(11)2)9-5-3-4-6-10(9)13/h3-6,8H,7,14H2,1-2H3. The molecule has 0 fully saturated rings. The Hall–Kier alpha value is -1.20. The lowest BCUT2D eigenvalue weighted by Gasteiger charge is -2.25. The number of hydrogen-bond acceptors (Lipinski definition) is 3. The van der Waals surface area contributed by atoms with E-state index in [0.717, 1.165) is 15.9 Å². The van der Waals surface area contributed by atoms with E-state index in [-0.39, 0.29) is 0 Å². The highest BCUT2D eigenvalue weighted by Crippen LogP contribution is 2.28. The maximum Gasteiger partial charge on any atom is 0.138 e. The summed E-state index contributed by atoms with van der Waals surface area (Å²) in [7, 11) is 1.87. The first-order chi connectivity index (χ1) is 8.00. The molecule has 0 radical (unpaired) electrons. The maximum atomic E-state index is 6.39. The molecule has 1 aromatic carbocycles. The molecule has 17 heavy (non-hydrogen) atoms. The van der Waals surface area contributed by atoms with Crippen molar-refractivity contribution < 1.29 is 0 Å². The van der Waals surface area contributed by atoms with E-state index in [1.807, 2.05) is 38.2 Å². The summed E-state index contributed by atoms with van der Waals surface area (Å²) < 4.78 is 2.77. The summed E-state index contributed by atoms with van der Waals surface area (Å²) in [5.41, 5.74) is 6.99. The van der Waals surface area contributed by atoms with Crippen LogP contribution in [0.15, 0.2) is 35.1 Å². The second-order valence-electron chi connectivity index (χ2n) is 4.37. The van der Waals surface area contributed by atoms with Gasteiger partial charge in [-0.15, -0.1) is 0 Å². The van der Waals surface area contributed by atoms with Gasteiger partial charge in [-0.2, -0.15) is 5.10 Å². The lowest BCUT2D eigenvalue weighted by Crippen LogP contribution is -2.36. The topological polar surface area (TPSA) is 56.7 Å². The summed E-state index contributed by atoms with van der Waals surface area (Å²) in [6.45, 7) is 2.00. The number of halogens is 1. The molecule has 1 unspecified atom stereocenters. The minimum absolute atomic E-state index is 0.471. The van der Waals surface area contributed by atoms with E-state index in [2.05, 4.69) is 26.0 Å². The Morgan fingerprint density at radius 2 is 2.12 bits per heavy atom. The molecule has 0 bridgehead atoms. The molecule has 0 aliphatic rings. The molecule has 2 rings (SSSR count). The van der Waals surface area contributed by atoms with Crippen LogP contribution in [0.2, 0.25) is 0 Å². The minimum atomic E-state index is -0.471. The lowest BCUT2D eigenvalue weighted by atomic mass is 9.89. The average Bonchev–Trinajstić information content (AvgIpc) is 2.64. The Bertz CT molecular complexity index is 519. The van der Waals surface area contributed by atoms with Gasteiger partial charge in [0.05, 0.1) is 0 Å². The van der Waals surface area contributed by atoms with Gasteiger partial charge < -0.3 is 5.73 Å². The minimum Gasteiger partial charge on any atom is -0.321 e. The molecule has 90 valence electrons. The molecule has 0 amide bonds. The van der Waals surface area contributed by atoms with Crippen LogP contribution in [0.3, 0.4) is 0 Å². The van der Waals surface area contributed by atoms with Crippen LogP contribution in [0.5, 0.6) is 0 Å². The Balaban J connectivity index is 2.31. The van der Waals surface area contributed by atoms with Gasteiger partial charge in [-0.25, -0.2) is 4.98 Å². The van der Waals surface area contributed by atoms with E-state index in [1.165, 1.54) is 0 Å². The van der Waals surface area contributed by atoms with Gasteiger partial charge in [0.2, 0.25) is 0 Å². The monoisotopic (exact) mass is 294 g/mol. The fourth-order valence-electron chi connectivity index (χ4n) is 1.83. The van der Waals surface area contributed by atoms with Crippen molar-refractivity contribution in [2.75, 3.05) is 0 Å². The van der Waals surface area contributed by atoms with Crippen molar-refractivity contribution in [3.63, 3.8) is 0 Å². The first-order valence-corrected chi connectivity index (χ1v) is 6.17. The SMILES string of the molecule is Cn1ncnc1CC(C)(N)c1ccccc1Br. The summed E-state index contributed by atoms with van der Waals surface area (Å²) in [6, 6.07) is 7.99. The van der Waals surface area contributed by atoms with Crippen LogP contribution in [-0.2, 0) is 19.0 Å². The van der Waals surface area contributed by atoms with Crippen LogP contribution in [-0.4, -0.2) is 14.8 Å². The van der Waals surface area contributed by atoms with Crippen molar-refractivity contribution in [3.05, 3.63) is 46.5 Å². The van der Waals surface area contributed by atoms with Crippen LogP contribution in [0, 0.1) is 0 Å². The summed E-state index contributed by atoms with van der Waals surface area (Å²) in [6.07, 6.45) is 2.19. The second-order valence-corrected chi connectivity index (χ2v) is 5.23. The van der Waals surface area contributed by atoms with Crippen molar-refractivity contribution in [2.45, 2.75) is 18.9 Å². The molecule has 4 nitrogen and oxygen atoms in total. The molecule has 0 spiro atoms. The molecule has 0 aliphatic carbocycles. The quantitative estimate of drug-likeness (QED) is 0.942. The van der Waals surface area contributed by atoms with Crippen molar-refractivity contribution in [3.8, 4) is 0 Å². The van der Waals surface area contributed by atoms with E-state index in [9.17, 15) is 0 Å². The Morgan fingerprint density at radius 1 is 1.41 bits per heavy atom. The van der Waals surface area contributed by atoms with Crippen LogP contribution in [0.25, 0.3) is 0 Å². The van der Waals surface area contributed by atoms with Crippen LogP contribution in [0.1, 0.15) is 18.3 Å². The number of benzene rings is 1. The number of rotatable bonds is 3. The number of aromatic nitrogens is 3. The predicted molar refractivity (Wildman–Crippen MR) is 70.4 cm³/mol. The maximum absolute atomic E-state index is 6.39. The highest BCUT2D eigenvalue weighted by atomic mass is 79.9. The molecule has 1 aromatic heterocycles. The van der Waals surface area contributed by atoms with E-state index in [0.29, 0.717) is 6.42 Å². The fraction of sp³-hybridized carbons (Fsp3) is 0.333. The number of aryl methyl sites for hydroxylation is 1. The van der Waals surface area contributed by atoms with Crippen LogP contribution < -0.4 is 5.73 Å². The summed E-state index contributed by atoms with van der Waals surface area (Å²) >= 11 is 3.53. The Kier molecular flexibility index (Phi) is 3.31. The summed E-state index contributed by atoms with van der Waals surface area (Å²) in [4.78, 5) is 4.21. The molecule has 0 saturated heterocycles. The number of nitrogens with zero attached hydrogens (tertiary/aromatic N) is 3. The molecule has 2 aromatic rings. The van der Waals surface area contributed by atoms with E-state index < -0.39 is 5.54 Å². The van der Waals surface area contributed by atoms with Gasteiger partial charge in [-0.3, -0.25) is 4.68 Å². The van der Waals surface area contributed by atoms with Gasteiger partial charge in [-0.05, 0) is 18.6 Å². The van der Waals surface area contributed by atoms with Gasteiger partial charge in [0.15, 0.2) is 0 Å².